The van der Waals surface area contributed by atoms with E-state index in [-0.39, 0.29) is 0 Å². The summed E-state index contributed by atoms with van der Waals surface area (Å²) >= 11 is 0. The van der Waals surface area contributed by atoms with Crippen LogP contribution in [0.3, 0.4) is 0 Å². The monoisotopic (exact) mass is 85.1 g/mol. The van der Waals surface area contributed by atoms with Crippen molar-refractivity contribution >= 4 is 6.21 Å². The van der Waals surface area contributed by atoms with Gasteiger partial charge in [-0.1, -0.05) is 6.08 Å². The molecule has 0 aliphatic heterocycles. The van der Waals surface area contributed by atoms with Gasteiger partial charge < -0.3 is 5.21 Å². The van der Waals surface area contributed by atoms with Gasteiger partial charge in [-0.05, 0) is 0 Å². The summed E-state index contributed by atoms with van der Waals surface area (Å²) in [6.07, 6.45) is 3.66. The van der Waals surface area contributed by atoms with Gasteiger partial charge >= 0.3 is 0 Å². The Kier molecular flexibility index (Phi) is 3.66. The van der Waals surface area contributed by atoms with E-state index >= 15 is 0 Å². The highest BCUT2D eigenvalue weighted by atomic mass is 16.4. The van der Waals surface area contributed by atoms with Crippen molar-refractivity contribution < 1.29 is 5.21 Å². The second-order valence-electron chi connectivity index (χ2n) is 0.822. The van der Waals surface area contributed by atoms with Gasteiger partial charge in [0.15, 0.2) is 0 Å². The van der Waals surface area contributed by atoms with E-state index in [0.717, 1.165) is 0 Å². The third-order valence-corrected chi connectivity index (χ3v) is 0.354. The molecule has 1 N–H and O–H groups in total. The molecule has 0 amide bonds. The van der Waals surface area contributed by atoms with Crippen LogP contribution < -0.4 is 0 Å². The summed E-state index contributed by atoms with van der Waals surface area (Å²) in [5.41, 5.74) is 0. The fourth-order valence-corrected chi connectivity index (χ4v) is 0.122. The zero-order valence-corrected chi connectivity index (χ0v) is 3.46. The molecular formula is C4H7NO. The molecule has 0 aliphatic carbocycles. The first-order valence-electron chi connectivity index (χ1n) is 1.68. The third-order valence-electron chi connectivity index (χ3n) is 0.354. The van der Waals surface area contributed by atoms with Crippen molar-refractivity contribution in [3.8, 4) is 0 Å². The standard InChI is InChI=1S/C4H7NO/c1-2-3-4-5-6/h2,4,6H,1,3H2. The van der Waals surface area contributed by atoms with Crippen LogP contribution in [0.1, 0.15) is 6.42 Å². The highest BCUT2D eigenvalue weighted by Crippen LogP contribution is 1.68. The summed E-state index contributed by atoms with van der Waals surface area (Å²) in [4.78, 5) is 0. The van der Waals surface area contributed by atoms with Gasteiger partial charge in [-0.25, -0.2) is 0 Å². The molecule has 0 atom stereocenters. The lowest BCUT2D eigenvalue weighted by Gasteiger charge is -1.68. The lowest BCUT2D eigenvalue weighted by Crippen LogP contribution is -1.64. The number of oxime groups is 1. The Labute approximate surface area is 36.8 Å². The molecule has 0 aromatic heterocycles. The first-order chi connectivity index (χ1) is 2.91. The minimum atomic E-state index is 0.635. The van der Waals surface area contributed by atoms with Crippen molar-refractivity contribution in [2.45, 2.75) is 6.42 Å². The highest BCUT2D eigenvalue weighted by Gasteiger charge is 1.60. The van der Waals surface area contributed by atoms with Crippen LogP contribution in [0.15, 0.2) is 17.8 Å². The number of nitrogens with zero attached hydrogens (tertiary/aromatic N) is 1. The molecule has 0 unspecified atom stereocenters. The Bertz CT molecular complexity index is 58.6. The largest absolute Gasteiger partial charge is 0.411 e. The molecular weight excluding hydrogens is 78.0 g/mol. The first-order valence-corrected chi connectivity index (χ1v) is 1.68. The van der Waals surface area contributed by atoms with Gasteiger partial charge in [0.05, 0.1) is 0 Å². The fourth-order valence-electron chi connectivity index (χ4n) is 0.122. The average Bonchev–Trinajstić information content (AvgIpc) is 1.61. The molecule has 0 aromatic rings. The zero-order chi connectivity index (χ0) is 4.83. The van der Waals surface area contributed by atoms with Crippen LogP contribution in [0, 0.1) is 0 Å². The molecule has 0 bridgehead atoms. The predicted octanol–water partition coefficient (Wildman–Crippen LogP) is 1.02. The van der Waals surface area contributed by atoms with Crippen LogP contribution in [0.2, 0.25) is 0 Å². The molecule has 0 saturated heterocycles. The Morgan fingerprint density at radius 2 is 2.50 bits per heavy atom. The minimum absolute atomic E-state index is 0.635. The molecule has 0 rings (SSSR count). The van der Waals surface area contributed by atoms with Crippen LogP contribution in [0.5, 0.6) is 0 Å². The first kappa shape index (κ1) is 5.21. The maximum absolute atomic E-state index is 7.72. The van der Waals surface area contributed by atoms with Crippen molar-refractivity contribution in [1.82, 2.24) is 0 Å². The maximum Gasteiger partial charge on any atom is 0.0473 e. The van der Waals surface area contributed by atoms with Crippen LogP contribution in [-0.4, -0.2) is 11.4 Å². The second-order valence-corrected chi connectivity index (χ2v) is 0.822. The van der Waals surface area contributed by atoms with Crippen molar-refractivity contribution in [2.24, 2.45) is 5.16 Å². The van der Waals surface area contributed by atoms with E-state index in [1.54, 1.807) is 6.08 Å². The van der Waals surface area contributed by atoms with Crippen LogP contribution >= 0.6 is 0 Å². The summed E-state index contributed by atoms with van der Waals surface area (Å²) < 4.78 is 0. The smallest absolute Gasteiger partial charge is 0.0473 e. The van der Waals surface area contributed by atoms with Crippen molar-refractivity contribution in [2.75, 3.05) is 0 Å². The third kappa shape index (κ3) is 3.21. The molecule has 0 spiro atoms. The van der Waals surface area contributed by atoms with E-state index in [4.69, 9.17) is 5.21 Å². The Hall–Kier alpha value is -0.790. The van der Waals surface area contributed by atoms with E-state index < -0.39 is 0 Å². The molecule has 0 aromatic carbocycles. The molecule has 2 heteroatoms. The van der Waals surface area contributed by atoms with Crippen LogP contribution in [0.25, 0.3) is 0 Å². The number of rotatable bonds is 2. The predicted molar refractivity (Wildman–Crippen MR) is 25.1 cm³/mol. The summed E-state index contributed by atoms with van der Waals surface area (Å²) in [5.74, 6) is 0. The number of hydrogen-bond donors (Lipinski definition) is 1. The number of allylic oxidation sites excluding steroid dienone is 1. The van der Waals surface area contributed by atoms with Gasteiger partial charge in [-0.15, -0.1) is 11.7 Å². The summed E-state index contributed by atoms with van der Waals surface area (Å²) in [6.45, 7) is 3.40. The normalized spacial score (nSPS) is 9.33. The molecule has 0 aliphatic rings. The van der Waals surface area contributed by atoms with E-state index in [1.165, 1.54) is 6.21 Å². The van der Waals surface area contributed by atoms with Gasteiger partial charge in [-0.3, -0.25) is 0 Å². The van der Waals surface area contributed by atoms with E-state index in [9.17, 15) is 0 Å². The van der Waals surface area contributed by atoms with E-state index in [1.807, 2.05) is 0 Å². The highest BCUT2D eigenvalue weighted by molar-refractivity contribution is 5.57. The van der Waals surface area contributed by atoms with Gasteiger partial charge in [0, 0.05) is 12.6 Å². The second kappa shape index (κ2) is 4.21. The topological polar surface area (TPSA) is 32.6 Å². The zero-order valence-electron chi connectivity index (χ0n) is 3.46. The molecule has 0 heterocycles. The van der Waals surface area contributed by atoms with Crippen molar-refractivity contribution in [3.63, 3.8) is 0 Å². The molecule has 34 valence electrons. The summed E-state index contributed by atoms with van der Waals surface area (Å²) in [7, 11) is 0. The summed E-state index contributed by atoms with van der Waals surface area (Å²) in [5, 5.41) is 10.4. The molecule has 0 saturated carbocycles. The maximum atomic E-state index is 7.72. The molecule has 2 nitrogen and oxygen atoms in total. The van der Waals surface area contributed by atoms with E-state index in [2.05, 4.69) is 11.7 Å². The van der Waals surface area contributed by atoms with E-state index in [0.29, 0.717) is 6.42 Å². The van der Waals surface area contributed by atoms with Crippen molar-refractivity contribution in [1.29, 1.82) is 0 Å². The van der Waals surface area contributed by atoms with Gasteiger partial charge in [0.2, 0.25) is 0 Å². The lowest BCUT2D eigenvalue weighted by molar-refractivity contribution is 0.321. The fraction of sp³-hybridized carbons (Fsp3) is 0.250. The number of hydrogen-bond acceptors (Lipinski definition) is 2. The van der Waals surface area contributed by atoms with Gasteiger partial charge in [0.25, 0.3) is 0 Å². The molecule has 0 radical (unpaired) electrons. The minimum Gasteiger partial charge on any atom is -0.411 e. The molecule has 0 fully saturated rings. The van der Waals surface area contributed by atoms with Gasteiger partial charge in [-0.2, -0.15) is 0 Å². The van der Waals surface area contributed by atoms with Crippen molar-refractivity contribution in [3.05, 3.63) is 12.7 Å². The lowest BCUT2D eigenvalue weighted by atomic mass is 10.5. The Balaban J connectivity index is 2.85. The Morgan fingerprint density at radius 1 is 1.83 bits per heavy atom. The SMILES string of the molecule is C=CCC=NO. The summed E-state index contributed by atoms with van der Waals surface area (Å²) in [6, 6.07) is 0. The van der Waals surface area contributed by atoms with Gasteiger partial charge in [0.1, 0.15) is 0 Å². The average molecular weight is 85.1 g/mol. The van der Waals surface area contributed by atoms with Crippen LogP contribution in [0.4, 0.5) is 0 Å². The Morgan fingerprint density at radius 3 is 2.67 bits per heavy atom. The quantitative estimate of drug-likeness (QED) is 0.231. The van der Waals surface area contributed by atoms with Crippen LogP contribution in [-0.2, 0) is 0 Å². The molecule has 6 heavy (non-hydrogen) atoms.